The highest BCUT2D eigenvalue weighted by molar-refractivity contribution is 5.89. The topological polar surface area (TPSA) is 83.0 Å². The summed E-state index contributed by atoms with van der Waals surface area (Å²) in [7, 11) is 0. The lowest BCUT2D eigenvalue weighted by molar-refractivity contribution is 0.0693. The first-order valence-electron chi connectivity index (χ1n) is 6.39. The average Bonchev–Trinajstić information content (AvgIpc) is 2.45. The van der Waals surface area contributed by atoms with Crippen molar-refractivity contribution in [1.82, 2.24) is 9.97 Å². The van der Waals surface area contributed by atoms with Gasteiger partial charge in [-0.25, -0.2) is 9.78 Å². The van der Waals surface area contributed by atoms with Crippen LogP contribution in [0.25, 0.3) is 22.2 Å². The van der Waals surface area contributed by atoms with E-state index in [2.05, 4.69) is 9.97 Å². The zero-order valence-corrected chi connectivity index (χ0v) is 11.3. The fourth-order valence-electron chi connectivity index (χ4n) is 2.31. The molecule has 0 unspecified atom stereocenters. The van der Waals surface area contributed by atoms with Gasteiger partial charge in [0.15, 0.2) is 0 Å². The van der Waals surface area contributed by atoms with Gasteiger partial charge in [-0.2, -0.15) is 0 Å². The summed E-state index contributed by atoms with van der Waals surface area (Å²) < 4.78 is 0. The minimum atomic E-state index is -1.27. The molecule has 104 valence electrons. The summed E-state index contributed by atoms with van der Waals surface area (Å²) >= 11 is 0. The van der Waals surface area contributed by atoms with Gasteiger partial charge in [0.25, 0.3) is 5.56 Å². The lowest BCUT2D eigenvalue weighted by Crippen LogP contribution is -2.21. The molecule has 0 saturated carbocycles. The van der Waals surface area contributed by atoms with Gasteiger partial charge >= 0.3 is 5.97 Å². The first-order valence-corrected chi connectivity index (χ1v) is 6.39. The summed E-state index contributed by atoms with van der Waals surface area (Å²) in [5.74, 6) is -0.903. The summed E-state index contributed by atoms with van der Waals surface area (Å²) in [6.07, 6.45) is 0. The van der Waals surface area contributed by atoms with Crippen LogP contribution in [0.5, 0.6) is 0 Å². The van der Waals surface area contributed by atoms with Crippen LogP contribution in [0.3, 0.4) is 0 Å². The Morgan fingerprint density at radius 3 is 2.52 bits per heavy atom. The van der Waals surface area contributed by atoms with E-state index in [1.54, 1.807) is 0 Å². The largest absolute Gasteiger partial charge is 0.477 e. The van der Waals surface area contributed by atoms with Gasteiger partial charge in [0.2, 0.25) is 0 Å². The summed E-state index contributed by atoms with van der Waals surface area (Å²) in [6, 6.07) is 13.5. The van der Waals surface area contributed by atoms with Gasteiger partial charge in [-0.1, -0.05) is 36.4 Å². The Labute approximate surface area is 119 Å². The molecule has 0 bridgehead atoms. The van der Waals surface area contributed by atoms with Gasteiger partial charge in [-0.3, -0.25) is 4.79 Å². The molecular weight excluding hydrogens is 268 g/mol. The van der Waals surface area contributed by atoms with Gasteiger partial charge < -0.3 is 10.1 Å². The van der Waals surface area contributed by atoms with Crippen molar-refractivity contribution in [2.45, 2.75) is 6.92 Å². The number of aromatic amines is 1. The molecule has 1 heterocycles. The molecule has 2 aromatic carbocycles. The summed E-state index contributed by atoms with van der Waals surface area (Å²) in [4.78, 5) is 29.6. The van der Waals surface area contributed by atoms with Crippen molar-refractivity contribution in [3.8, 4) is 11.4 Å². The van der Waals surface area contributed by atoms with E-state index in [1.165, 1.54) is 6.92 Å². The summed E-state index contributed by atoms with van der Waals surface area (Å²) in [5, 5.41) is 11.1. The van der Waals surface area contributed by atoms with Crippen LogP contribution >= 0.6 is 0 Å². The lowest BCUT2D eigenvalue weighted by Gasteiger charge is -2.06. The molecule has 2 N–H and O–H groups in total. The van der Waals surface area contributed by atoms with Crippen molar-refractivity contribution >= 4 is 16.7 Å². The fraction of sp³-hybridized carbons (Fsp3) is 0.0625. The molecule has 0 atom stereocenters. The van der Waals surface area contributed by atoms with Gasteiger partial charge in [0, 0.05) is 5.56 Å². The molecular formula is C16H12N2O3. The van der Waals surface area contributed by atoms with Crippen LogP contribution in [0.4, 0.5) is 0 Å². The predicted molar refractivity (Wildman–Crippen MR) is 79.5 cm³/mol. The molecule has 5 heteroatoms. The fourth-order valence-corrected chi connectivity index (χ4v) is 2.31. The van der Waals surface area contributed by atoms with E-state index in [-0.39, 0.29) is 11.3 Å². The van der Waals surface area contributed by atoms with E-state index >= 15 is 0 Å². The molecule has 21 heavy (non-hydrogen) atoms. The monoisotopic (exact) mass is 280 g/mol. The third-order valence-electron chi connectivity index (χ3n) is 3.34. The maximum Gasteiger partial charge on any atom is 0.343 e. The van der Waals surface area contributed by atoms with E-state index in [0.29, 0.717) is 5.82 Å². The number of hydrogen-bond acceptors (Lipinski definition) is 3. The molecule has 3 aromatic rings. The van der Waals surface area contributed by atoms with Crippen molar-refractivity contribution in [3.63, 3.8) is 0 Å². The second kappa shape index (κ2) is 4.86. The maximum atomic E-state index is 11.9. The Hall–Kier alpha value is -2.95. The van der Waals surface area contributed by atoms with Crippen LogP contribution in [0, 0.1) is 6.92 Å². The zero-order chi connectivity index (χ0) is 15.0. The van der Waals surface area contributed by atoms with Crippen LogP contribution in [0.2, 0.25) is 0 Å². The quantitative estimate of drug-likeness (QED) is 0.755. The van der Waals surface area contributed by atoms with Crippen molar-refractivity contribution in [1.29, 1.82) is 0 Å². The van der Waals surface area contributed by atoms with Gasteiger partial charge in [-0.05, 0) is 23.8 Å². The van der Waals surface area contributed by atoms with Gasteiger partial charge in [-0.15, -0.1) is 0 Å². The predicted octanol–water partition coefficient (Wildman–Crippen LogP) is 2.60. The molecule has 1 aromatic heterocycles. The maximum absolute atomic E-state index is 11.9. The molecule has 0 fully saturated rings. The van der Waals surface area contributed by atoms with Crippen molar-refractivity contribution in [3.05, 3.63) is 64.1 Å². The highest BCUT2D eigenvalue weighted by atomic mass is 16.4. The molecule has 0 aliphatic heterocycles. The minimum absolute atomic E-state index is 0.203. The van der Waals surface area contributed by atoms with E-state index in [0.717, 1.165) is 16.3 Å². The number of carboxylic acid groups (broad SMARTS) is 1. The Morgan fingerprint density at radius 1 is 1.14 bits per heavy atom. The zero-order valence-electron chi connectivity index (χ0n) is 11.3. The van der Waals surface area contributed by atoms with E-state index in [1.807, 2.05) is 42.5 Å². The van der Waals surface area contributed by atoms with Crippen molar-refractivity contribution in [2.24, 2.45) is 0 Å². The number of fused-ring (bicyclic) bond motifs is 1. The number of hydrogen-bond donors (Lipinski definition) is 2. The Balaban J connectivity index is 2.19. The number of nitrogens with one attached hydrogen (secondary N) is 1. The molecule has 3 rings (SSSR count). The van der Waals surface area contributed by atoms with E-state index in [4.69, 9.17) is 5.11 Å². The van der Waals surface area contributed by atoms with E-state index in [9.17, 15) is 9.59 Å². The summed E-state index contributed by atoms with van der Waals surface area (Å²) in [6.45, 7) is 1.52. The third kappa shape index (κ3) is 2.29. The third-order valence-corrected chi connectivity index (χ3v) is 3.34. The minimum Gasteiger partial charge on any atom is -0.477 e. The lowest BCUT2D eigenvalue weighted by atomic mass is 10.1. The van der Waals surface area contributed by atoms with Crippen LogP contribution < -0.4 is 5.56 Å². The van der Waals surface area contributed by atoms with E-state index < -0.39 is 11.5 Å². The second-order valence-electron chi connectivity index (χ2n) is 4.74. The molecule has 0 radical (unpaired) electrons. The number of carboxylic acids is 1. The number of aromatic carboxylic acids is 1. The van der Waals surface area contributed by atoms with Gasteiger partial charge in [0.1, 0.15) is 11.4 Å². The number of rotatable bonds is 2. The highest BCUT2D eigenvalue weighted by Crippen LogP contribution is 2.21. The molecule has 0 aliphatic rings. The molecule has 0 amide bonds. The van der Waals surface area contributed by atoms with Crippen molar-refractivity contribution in [2.75, 3.05) is 0 Å². The normalized spacial score (nSPS) is 10.7. The number of aryl methyl sites for hydroxylation is 1. The number of carbonyl (C=O) groups is 1. The van der Waals surface area contributed by atoms with Crippen molar-refractivity contribution < 1.29 is 9.90 Å². The number of benzene rings is 2. The first kappa shape index (κ1) is 13.1. The Morgan fingerprint density at radius 2 is 1.86 bits per heavy atom. The molecule has 0 spiro atoms. The van der Waals surface area contributed by atoms with Crippen LogP contribution in [0.1, 0.15) is 16.1 Å². The number of H-pyrrole nitrogens is 1. The summed E-state index contributed by atoms with van der Waals surface area (Å²) in [5.41, 5.74) is -0.0158. The van der Waals surface area contributed by atoms with Gasteiger partial charge in [0.05, 0.1) is 5.69 Å². The first-order chi connectivity index (χ1) is 10.1. The SMILES string of the molecule is Cc1nc(-c2ccc3ccccc3c2)[nH]c(=O)c1C(=O)O. The molecule has 0 saturated heterocycles. The average molecular weight is 280 g/mol. The highest BCUT2D eigenvalue weighted by Gasteiger charge is 2.15. The number of aromatic nitrogens is 2. The number of nitrogens with zero attached hydrogens (tertiary/aromatic N) is 1. The standard InChI is InChI=1S/C16H12N2O3/c1-9-13(16(20)21)15(19)18-14(17-9)12-7-6-10-4-2-3-5-11(10)8-12/h2-8H,1H3,(H,20,21)(H,17,18,19). The van der Waals surface area contributed by atoms with Crippen LogP contribution in [-0.2, 0) is 0 Å². The Kier molecular flexibility index (Phi) is 3.02. The molecule has 5 nitrogen and oxygen atoms in total. The van der Waals surface area contributed by atoms with Crippen LogP contribution in [0.15, 0.2) is 47.3 Å². The molecule has 0 aliphatic carbocycles. The smallest absolute Gasteiger partial charge is 0.343 e. The Bertz CT molecular complexity index is 913. The second-order valence-corrected chi connectivity index (χ2v) is 4.74. The van der Waals surface area contributed by atoms with Crippen LogP contribution in [-0.4, -0.2) is 21.0 Å².